The molecule has 208 valence electrons. The van der Waals surface area contributed by atoms with Crippen LogP contribution < -0.4 is 16.0 Å². The summed E-state index contributed by atoms with van der Waals surface area (Å²) in [6.07, 6.45) is -0.536. The van der Waals surface area contributed by atoms with Crippen molar-refractivity contribution in [2.75, 3.05) is 6.61 Å². The Kier molecular flexibility index (Phi) is 12.9. The normalized spacial score (nSPS) is 13.9. The molecule has 0 aromatic heterocycles. The first-order chi connectivity index (χ1) is 17.2. The summed E-state index contributed by atoms with van der Waals surface area (Å²) in [5.74, 6) is -2.46. The molecule has 0 spiro atoms. The molecule has 0 aliphatic carbocycles. The lowest BCUT2D eigenvalue weighted by Crippen LogP contribution is -2.56. The van der Waals surface area contributed by atoms with Gasteiger partial charge in [0.2, 0.25) is 11.8 Å². The van der Waals surface area contributed by atoms with Gasteiger partial charge in [-0.05, 0) is 45.6 Å². The Labute approximate surface area is 215 Å². The molecule has 0 heterocycles. The third-order valence-electron chi connectivity index (χ3n) is 4.68. The number of esters is 1. The molecule has 3 atom stereocenters. The van der Waals surface area contributed by atoms with Gasteiger partial charge >= 0.3 is 18.7 Å². The fraction of sp³-hybridized carbons (Fsp3) is 0.600. The number of amides is 3. The van der Waals surface area contributed by atoms with Crippen LogP contribution in [0.4, 0.5) is 13.6 Å². The van der Waals surface area contributed by atoms with Gasteiger partial charge in [-0.3, -0.25) is 9.59 Å². The average molecular weight is 530 g/mol. The maximum Gasteiger partial charge on any atom is 0.408 e. The molecule has 0 bridgehead atoms. The number of benzene rings is 1. The monoisotopic (exact) mass is 529 g/mol. The Morgan fingerprint density at radius 3 is 2.05 bits per heavy atom. The third kappa shape index (κ3) is 13.6. The van der Waals surface area contributed by atoms with Crippen LogP contribution in [-0.4, -0.2) is 60.8 Å². The largest absolute Gasteiger partial charge is 0.459 e. The van der Waals surface area contributed by atoms with Crippen LogP contribution in [0, 0.1) is 5.92 Å². The second-order valence-electron chi connectivity index (χ2n) is 9.81. The molecule has 12 heteroatoms. The highest BCUT2D eigenvalue weighted by Crippen LogP contribution is 2.10. The molecule has 1 aromatic rings. The predicted molar refractivity (Wildman–Crippen MR) is 130 cm³/mol. The number of halogens is 2. The first-order valence-corrected chi connectivity index (χ1v) is 11.9. The van der Waals surface area contributed by atoms with Crippen molar-refractivity contribution in [1.29, 1.82) is 0 Å². The Balaban J connectivity index is 2.81. The minimum Gasteiger partial charge on any atom is -0.459 e. The van der Waals surface area contributed by atoms with Crippen LogP contribution in [0.25, 0.3) is 0 Å². The summed E-state index contributed by atoms with van der Waals surface area (Å²) in [6.45, 7) is 5.92. The highest BCUT2D eigenvalue weighted by Gasteiger charge is 2.30. The molecule has 0 radical (unpaired) electrons. The van der Waals surface area contributed by atoms with Crippen molar-refractivity contribution < 1.29 is 42.2 Å². The second kappa shape index (κ2) is 15.1. The van der Waals surface area contributed by atoms with Gasteiger partial charge < -0.3 is 30.2 Å². The molecule has 3 N–H and O–H groups in total. The van der Waals surface area contributed by atoms with Gasteiger partial charge in [0, 0.05) is 0 Å². The first-order valence-electron chi connectivity index (χ1n) is 11.9. The fourth-order valence-corrected chi connectivity index (χ4v) is 3.00. The Hall–Kier alpha value is -3.28. The van der Waals surface area contributed by atoms with E-state index < -0.39 is 60.8 Å². The highest BCUT2D eigenvalue weighted by molar-refractivity contribution is 5.92. The van der Waals surface area contributed by atoms with E-state index in [0.29, 0.717) is 5.56 Å². The van der Waals surface area contributed by atoms with Crippen LogP contribution in [0.1, 0.15) is 53.5 Å². The zero-order valence-corrected chi connectivity index (χ0v) is 22.0. The molecule has 10 nitrogen and oxygen atoms in total. The van der Waals surface area contributed by atoms with Gasteiger partial charge in [0.1, 0.15) is 24.3 Å². The standard InChI is InChI=1S/C25H37F2N3O7/c1-15(2)12-18(30-24(34)37-25(4,5)6)21(32)28-16(3)20(31)29-19(14-36-23(26)27)22(33)35-13-17-10-8-7-9-11-17/h7-11,15-16,18-19,23H,12-14H2,1-6H3,(H,28,32)(H,29,31)(H,30,34)/t16?,18-,19-/m0/s1. The number of ether oxygens (including phenoxy) is 3. The summed E-state index contributed by atoms with van der Waals surface area (Å²) in [4.78, 5) is 50.1. The van der Waals surface area contributed by atoms with Crippen molar-refractivity contribution in [3.63, 3.8) is 0 Å². The molecule has 1 rings (SSSR count). The van der Waals surface area contributed by atoms with Crippen LogP contribution in [0.15, 0.2) is 30.3 Å². The van der Waals surface area contributed by atoms with Crippen molar-refractivity contribution in [1.82, 2.24) is 16.0 Å². The predicted octanol–water partition coefficient (Wildman–Crippen LogP) is 2.90. The highest BCUT2D eigenvalue weighted by atomic mass is 19.3. The van der Waals surface area contributed by atoms with Gasteiger partial charge in [0.15, 0.2) is 6.04 Å². The summed E-state index contributed by atoms with van der Waals surface area (Å²) < 4.78 is 39.7. The van der Waals surface area contributed by atoms with Crippen LogP contribution in [0.3, 0.4) is 0 Å². The van der Waals surface area contributed by atoms with Gasteiger partial charge in [-0.25, -0.2) is 9.59 Å². The van der Waals surface area contributed by atoms with E-state index >= 15 is 0 Å². The third-order valence-corrected chi connectivity index (χ3v) is 4.68. The summed E-state index contributed by atoms with van der Waals surface area (Å²) in [7, 11) is 0. The van der Waals surface area contributed by atoms with Crippen LogP contribution in [0.5, 0.6) is 0 Å². The Morgan fingerprint density at radius 2 is 1.51 bits per heavy atom. The summed E-state index contributed by atoms with van der Waals surface area (Å²) in [5.41, 5.74) is -0.120. The first kappa shape index (κ1) is 31.7. The van der Waals surface area contributed by atoms with E-state index in [1.165, 1.54) is 6.92 Å². The molecular formula is C25H37F2N3O7. The van der Waals surface area contributed by atoms with E-state index in [2.05, 4.69) is 20.7 Å². The van der Waals surface area contributed by atoms with Gasteiger partial charge in [-0.1, -0.05) is 44.2 Å². The zero-order chi connectivity index (χ0) is 28.2. The van der Waals surface area contributed by atoms with E-state index in [4.69, 9.17) is 9.47 Å². The smallest absolute Gasteiger partial charge is 0.408 e. The number of alkyl halides is 2. The Bertz CT molecular complexity index is 892. The van der Waals surface area contributed by atoms with E-state index in [1.807, 2.05) is 13.8 Å². The van der Waals surface area contributed by atoms with Crippen molar-refractivity contribution in [2.24, 2.45) is 5.92 Å². The molecule has 0 fully saturated rings. The summed E-state index contributed by atoms with van der Waals surface area (Å²) >= 11 is 0. The maximum atomic E-state index is 12.8. The lowest BCUT2D eigenvalue weighted by molar-refractivity contribution is -0.161. The molecule has 0 aliphatic rings. The molecule has 1 aromatic carbocycles. The van der Waals surface area contributed by atoms with E-state index in [1.54, 1.807) is 51.1 Å². The van der Waals surface area contributed by atoms with Gasteiger partial charge in [-0.2, -0.15) is 8.78 Å². The fourth-order valence-electron chi connectivity index (χ4n) is 3.00. The minimum absolute atomic E-state index is 0.0186. The molecule has 1 unspecified atom stereocenters. The van der Waals surface area contributed by atoms with Crippen LogP contribution in [0.2, 0.25) is 0 Å². The van der Waals surface area contributed by atoms with Crippen LogP contribution in [-0.2, 0) is 35.2 Å². The van der Waals surface area contributed by atoms with Crippen molar-refractivity contribution in [3.8, 4) is 0 Å². The molecule has 3 amide bonds. The molecule has 0 saturated carbocycles. The molecule has 0 aliphatic heterocycles. The van der Waals surface area contributed by atoms with Crippen molar-refractivity contribution in [3.05, 3.63) is 35.9 Å². The summed E-state index contributed by atoms with van der Waals surface area (Å²) in [5, 5.41) is 7.22. The minimum atomic E-state index is -3.17. The van der Waals surface area contributed by atoms with Gasteiger partial charge in [-0.15, -0.1) is 0 Å². The zero-order valence-electron chi connectivity index (χ0n) is 22.0. The van der Waals surface area contributed by atoms with Gasteiger partial charge in [0.05, 0.1) is 6.61 Å². The summed E-state index contributed by atoms with van der Waals surface area (Å²) in [6, 6.07) is 4.91. The van der Waals surface area contributed by atoms with Gasteiger partial charge in [0.25, 0.3) is 0 Å². The molecule has 0 saturated heterocycles. The van der Waals surface area contributed by atoms with Crippen molar-refractivity contribution >= 4 is 23.9 Å². The number of alkyl carbamates (subject to hydrolysis) is 1. The topological polar surface area (TPSA) is 132 Å². The van der Waals surface area contributed by atoms with Crippen LogP contribution >= 0.6 is 0 Å². The number of carbonyl (C=O) groups excluding carboxylic acids is 4. The lowest BCUT2D eigenvalue weighted by Gasteiger charge is -2.25. The number of nitrogens with one attached hydrogen (secondary N) is 3. The SMILES string of the molecule is CC(C)C[C@H](NC(=O)OC(C)(C)C)C(=O)NC(C)C(=O)N[C@@H](COC(F)F)C(=O)OCc1ccccc1. The van der Waals surface area contributed by atoms with E-state index in [-0.39, 0.29) is 18.9 Å². The number of carbonyl (C=O) groups is 4. The lowest BCUT2D eigenvalue weighted by atomic mass is 10.0. The number of hydrogen-bond donors (Lipinski definition) is 3. The molecule has 37 heavy (non-hydrogen) atoms. The van der Waals surface area contributed by atoms with Crippen molar-refractivity contribution in [2.45, 2.75) is 84.9 Å². The second-order valence-corrected chi connectivity index (χ2v) is 9.81. The average Bonchev–Trinajstić information content (AvgIpc) is 2.78. The quantitative estimate of drug-likeness (QED) is 0.335. The van der Waals surface area contributed by atoms with E-state index in [0.717, 1.165) is 0 Å². The maximum absolute atomic E-state index is 12.8. The molecular weight excluding hydrogens is 492 g/mol. The number of hydrogen-bond acceptors (Lipinski definition) is 7. The Morgan fingerprint density at radius 1 is 0.892 bits per heavy atom. The number of rotatable bonds is 13. The van der Waals surface area contributed by atoms with E-state index in [9.17, 15) is 28.0 Å².